The zero-order chi connectivity index (χ0) is 19.3. The number of likely N-dealkylation sites (tertiary alicyclic amines) is 1. The first-order valence-corrected chi connectivity index (χ1v) is 10.6. The molecule has 0 radical (unpaired) electrons. The lowest BCUT2D eigenvalue weighted by atomic mass is 10.1. The van der Waals surface area contributed by atoms with E-state index in [9.17, 15) is 9.59 Å². The van der Waals surface area contributed by atoms with Crippen LogP contribution in [0.5, 0.6) is 0 Å². The Morgan fingerprint density at radius 3 is 2.75 bits per heavy atom. The molecular weight excluding hydrogens is 398 g/mol. The minimum Gasteiger partial charge on any atom is -0.355 e. The first-order valence-electron chi connectivity index (χ1n) is 8.76. The smallest absolute Gasteiger partial charge is 0.279 e. The molecule has 1 aromatic carbocycles. The largest absolute Gasteiger partial charge is 0.355 e. The number of aromatic nitrogens is 3. The van der Waals surface area contributed by atoms with Crippen molar-refractivity contribution in [2.45, 2.75) is 17.2 Å². The van der Waals surface area contributed by atoms with Gasteiger partial charge in [-0.1, -0.05) is 58.6 Å². The van der Waals surface area contributed by atoms with Crippen LogP contribution in [0.15, 0.2) is 45.3 Å². The van der Waals surface area contributed by atoms with Crippen molar-refractivity contribution in [1.29, 1.82) is 0 Å². The van der Waals surface area contributed by atoms with E-state index >= 15 is 0 Å². The minimum atomic E-state index is -0.424. The molecule has 0 aliphatic carbocycles. The number of hydrogen-bond acceptors (Lipinski definition) is 8. The Balaban J connectivity index is 1.33. The van der Waals surface area contributed by atoms with Crippen LogP contribution < -0.4 is 5.32 Å². The fourth-order valence-corrected chi connectivity index (χ4v) is 4.43. The summed E-state index contributed by atoms with van der Waals surface area (Å²) in [6.07, 6.45) is 2.14. The molecule has 1 N–H and O–H groups in total. The minimum absolute atomic E-state index is 0.110. The number of carbonyl (C=O) groups is 2. The van der Waals surface area contributed by atoms with E-state index in [1.165, 1.54) is 23.1 Å². The second-order valence-electron chi connectivity index (χ2n) is 6.15. The van der Waals surface area contributed by atoms with Crippen LogP contribution in [0.1, 0.15) is 23.3 Å². The fraction of sp³-hybridized carbons (Fsp3) is 0.278. The lowest BCUT2D eigenvalue weighted by Crippen LogP contribution is -2.29. The molecule has 0 spiro atoms. The summed E-state index contributed by atoms with van der Waals surface area (Å²) in [6, 6.07) is 11.0. The van der Waals surface area contributed by atoms with Crippen LogP contribution in [0.3, 0.4) is 0 Å². The van der Waals surface area contributed by atoms with E-state index in [1.54, 1.807) is 6.07 Å². The number of benzene rings is 1. The highest BCUT2D eigenvalue weighted by Gasteiger charge is 2.19. The molecule has 2 amide bonds. The summed E-state index contributed by atoms with van der Waals surface area (Å²) in [6.45, 7) is 1.67. The van der Waals surface area contributed by atoms with Crippen molar-refractivity contribution in [2.75, 3.05) is 24.2 Å². The molecule has 0 saturated carbocycles. The number of anilines is 1. The molecule has 144 valence electrons. The third-order valence-electron chi connectivity index (χ3n) is 4.21. The molecule has 1 fully saturated rings. The van der Waals surface area contributed by atoms with Crippen LogP contribution in [0, 0.1) is 0 Å². The summed E-state index contributed by atoms with van der Waals surface area (Å²) in [4.78, 5) is 26.3. The number of thioether (sulfide) groups is 1. The monoisotopic (exact) mass is 415 g/mol. The molecule has 1 aliphatic rings. The van der Waals surface area contributed by atoms with E-state index in [0.717, 1.165) is 31.5 Å². The molecule has 28 heavy (non-hydrogen) atoms. The standard InChI is InChI=1S/C18H17N5O3S2/c24-15(23-8-4-5-9-23)11-27-18-21-20-17(28-18)19-16(25)13-10-14(26-22-13)12-6-2-1-3-7-12/h1-3,6-7,10H,4-5,8-9,11H2,(H,19,20,25). The topological polar surface area (TPSA) is 101 Å². The zero-order valence-corrected chi connectivity index (χ0v) is 16.5. The van der Waals surface area contributed by atoms with Gasteiger partial charge >= 0.3 is 0 Å². The van der Waals surface area contributed by atoms with Crippen LogP contribution in [0.25, 0.3) is 11.3 Å². The number of amides is 2. The van der Waals surface area contributed by atoms with E-state index in [4.69, 9.17) is 4.52 Å². The van der Waals surface area contributed by atoms with Crippen molar-refractivity contribution in [3.05, 3.63) is 42.1 Å². The van der Waals surface area contributed by atoms with Gasteiger partial charge in [-0.05, 0) is 12.8 Å². The summed E-state index contributed by atoms with van der Waals surface area (Å²) in [5, 5.41) is 14.8. The third kappa shape index (κ3) is 4.39. The van der Waals surface area contributed by atoms with Crippen molar-refractivity contribution < 1.29 is 14.1 Å². The van der Waals surface area contributed by atoms with Gasteiger partial charge in [-0.2, -0.15) is 0 Å². The van der Waals surface area contributed by atoms with Crippen LogP contribution >= 0.6 is 23.1 Å². The Bertz CT molecular complexity index is 967. The molecule has 10 heteroatoms. The molecule has 3 heterocycles. The summed E-state index contributed by atoms with van der Waals surface area (Å²) < 4.78 is 5.87. The summed E-state index contributed by atoms with van der Waals surface area (Å²) in [5.74, 6) is 0.525. The van der Waals surface area contributed by atoms with Gasteiger partial charge in [0.05, 0.1) is 5.75 Å². The van der Waals surface area contributed by atoms with E-state index in [1.807, 2.05) is 35.2 Å². The lowest BCUT2D eigenvalue weighted by molar-refractivity contribution is -0.127. The molecule has 3 aromatic rings. The molecular formula is C18H17N5O3S2. The van der Waals surface area contributed by atoms with Gasteiger partial charge in [0.1, 0.15) is 0 Å². The van der Waals surface area contributed by atoms with Crippen LogP contribution in [0.4, 0.5) is 5.13 Å². The van der Waals surface area contributed by atoms with E-state index in [-0.39, 0.29) is 11.6 Å². The highest BCUT2D eigenvalue weighted by molar-refractivity contribution is 8.01. The fourth-order valence-electron chi connectivity index (χ4n) is 2.78. The van der Waals surface area contributed by atoms with Gasteiger partial charge in [-0.3, -0.25) is 14.9 Å². The Labute approximate surface area is 169 Å². The average Bonchev–Trinajstić information content (AvgIpc) is 3.48. The lowest BCUT2D eigenvalue weighted by Gasteiger charge is -2.13. The van der Waals surface area contributed by atoms with Gasteiger partial charge in [0.15, 0.2) is 15.8 Å². The zero-order valence-electron chi connectivity index (χ0n) is 14.8. The van der Waals surface area contributed by atoms with Crippen molar-refractivity contribution >= 4 is 40.0 Å². The predicted molar refractivity (Wildman–Crippen MR) is 106 cm³/mol. The maximum atomic E-state index is 12.3. The Morgan fingerprint density at radius 2 is 1.96 bits per heavy atom. The Morgan fingerprint density at radius 1 is 1.18 bits per heavy atom. The molecule has 1 saturated heterocycles. The first-order chi connectivity index (χ1) is 13.7. The average molecular weight is 416 g/mol. The molecule has 0 bridgehead atoms. The molecule has 8 nitrogen and oxygen atoms in total. The molecule has 2 aromatic heterocycles. The first kappa shape index (κ1) is 18.6. The van der Waals surface area contributed by atoms with Crippen LogP contribution in [-0.2, 0) is 4.79 Å². The van der Waals surface area contributed by atoms with Gasteiger partial charge in [0.25, 0.3) is 5.91 Å². The van der Waals surface area contributed by atoms with Gasteiger partial charge in [0, 0.05) is 24.7 Å². The van der Waals surface area contributed by atoms with Gasteiger partial charge in [-0.25, -0.2) is 0 Å². The summed E-state index contributed by atoms with van der Waals surface area (Å²) in [5.41, 5.74) is 0.999. The summed E-state index contributed by atoms with van der Waals surface area (Å²) in [7, 11) is 0. The Kier molecular flexibility index (Phi) is 5.68. The van der Waals surface area contributed by atoms with Crippen LogP contribution in [0.2, 0.25) is 0 Å². The molecule has 0 unspecified atom stereocenters. The maximum absolute atomic E-state index is 12.3. The molecule has 1 aliphatic heterocycles. The highest BCUT2D eigenvalue weighted by Crippen LogP contribution is 2.27. The number of nitrogens with one attached hydrogen (secondary N) is 1. The third-order valence-corrected chi connectivity index (χ3v) is 6.16. The predicted octanol–water partition coefficient (Wildman–Crippen LogP) is 3.16. The number of nitrogens with zero attached hydrogens (tertiary/aromatic N) is 4. The van der Waals surface area contributed by atoms with E-state index in [2.05, 4.69) is 20.7 Å². The second-order valence-corrected chi connectivity index (χ2v) is 8.35. The number of rotatable bonds is 6. The number of hydrogen-bond donors (Lipinski definition) is 1. The van der Waals surface area contributed by atoms with Crippen molar-refractivity contribution in [3.63, 3.8) is 0 Å². The van der Waals surface area contributed by atoms with Gasteiger partial charge in [-0.15, -0.1) is 10.2 Å². The summed E-state index contributed by atoms with van der Waals surface area (Å²) >= 11 is 2.55. The van der Waals surface area contributed by atoms with Gasteiger partial charge < -0.3 is 9.42 Å². The second kappa shape index (κ2) is 8.53. The normalized spacial score (nSPS) is 13.6. The number of carbonyl (C=O) groups excluding carboxylic acids is 2. The maximum Gasteiger partial charge on any atom is 0.279 e. The molecule has 4 rings (SSSR count). The van der Waals surface area contributed by atoms with Crippen LogP contribution in [-0.4, -0.2) is 50.9 Å². The van der Waals surface area contributed by atoms with Gasteiger partial charge in [0.2, 0.25) is 11.0 Å². The Hall–Kier alpha value is -2.72. The SMILES string of the molecule is O=C(Nc1nnc(SCC(=O)N2CCCC2)s1)c1cc(-c2ccccc2)on1. The quantitative estimate of drug-likeness (QED) is 0.487. The van der Waals surface area contributed by atoms with E-state index in [0.29, 0.717) is 21.0 Å². The van der Waals surface area contributed by atoms with Crippen molar-refractivity contribution in [2.24, 2.45) is 0 Å². The van der Waals surface area contributed by atoms with Crippen molar-refractivity contribution in [1.82, 2.24) is 20.3 Å². The highest BCUT2D eigenvalue weighted by atomic mass is 32.2. The van der Waals surface area contributed by atoms with E-state index < -0.39 is 5.91 Å². The van der Waals surface area contributed by atoms with Crippen molar-refractivity contribution in [3.8, 4) is 11.3 Å². The molecule has 0 atom stereocenters.